The van der Waals surface area contributed by atoms with Gasteiger partial charge in [-0.1, -0.05) is 11.2 Å². The summed E-state index contributed by atoms with van der Waals surface area (Å²) in [4.78, 5) is 36.1. The lowest BCUT2D eigenvalue weighted by atomic mass is 9.79. The number of piperidine rings is 1. The highest BCUT2D eigenvalue weighted by Crippen LogP contribution is 2.40. The molecule has 1 saturated heterocycles. The van der Waals surface area contributed by atoms with Crippen LogP contribution in [0.15, 0.2) is 29.7 Å². The zero-order chi connectivity index (χ0) is 18.9. The number of nitrogens with zero attached hydrogens (tertiary/aromatic N) is 3. The molecule has 0 bridgehead atoms. The van der Waals surface area contributed by atoms with Gasteiger partial charge in [0.15, 0.2) is 11.3 Å². The number of rotatable bonds is 4. The summed E-state index contributed by atoms with van der Waals surface area (Å²) >= 11 is 0. The van der Waals surface area contributed by atoms with Gasteiger partial charge >= 0.3 is 0 Å². The third-order valence-corrected chi connectivity index (χ3v) is 5.63. The Labute approximate surface area is 157 Å². The van der Waals surface area contributed by atoms with E-state index in [4.69, 9.17) is 4.84 Å². The van der Waals surface area contributed by atoms with Gasteiger partial charge < -0.3 is 15.1 Å². The smallest absolute Gasteiger partial charge is 0.269 e. The molecule has 1 spiro atoms. The van der Waals surface area contributed by atoms with Gasteiger partial charge in [-0.05, 0) is 43.7 Å². The summed E-state index contributed by atoms with van der Waals surface area (Å²) in [6.07, 6.45) is 6.44. The summed E-state index contributed by atoms with van der Waals surface area (Å²) in [6.45, 7) is 1.16. The van der Waals surface area contributed by atoms with Crippen LogP contribution in [0, 0.1) is 0 Å². The molecule has 1 N–H and O–H groups in total. The van der Waals surface area contributed by atoms with Crippen LogP contribution in [0.3, 0.4) is 0 Å². The maximum Gasteiger partial charge on any atom is 0.269 e. The van der Waals surface area contributed by atoms with E-state index in [2.05, 4.69) is 15.5 Å². The number of nitrogens with one attached hydrogen (secondary N) is 1. The highest BCUT2D eigenvalue weighted by molar-refractivity contribution is 6.39. The molecule has 27 heavy (non-hydrogen) atoms. The molecule has 2 aliphatic heterocycles. The SMILES string of the molecule is O=C(NCc1cccnc1)C1=NOC2(CCCN(C(=O)C3(F)CCC3)C2)C1. The second-order valence-corrected chi connectivity index (χ2v) is 7.68. The zero-order valence-corrected chi connectivity index (χ0v) is 15.1. The maximum atomic E-state index is 14.5. The van der Waals surface area contributed by atoms with Gasteiger partial charge in [-0.25, -0.2) is 4.39 Å². The van der Waals surface area contributed by atoms with E-state index in [-0.39, 0.29) is 12.5 Å². The Morgan fingerprint density at radius 2 is 2.15 bits per heavy atom. The van der Waals surface area contributed by atoms with Crippen LogP contribution < -0.4 is 5.32 Å². The van der Waals surface area contributed by atoms with Gasteiger partial charge in [0.05, 0.1) is 6.54 Å². The number of carbonyl (C=O) groups is 2. The highest BCUT2D eigenvalue weighted by atomic mass is 19.1. The molecule has 8 heteroatoms. The Balaban J connectivity index is 1.34. The molecule has 2 fully saturated rings. The molecule has 1 aromatic rings. The van der Waals surface area contributed by atoms with Gasteiger partial charge in [-0.2, -0.15) is 0 Å². The van der Waals surface area contributed by atoms with Crippen molar-refractivity contribution in [2.45, 2.75) is 56.3 Å². The number of hydrogen-bond donors (Lipinski definition) is 1. The number of hydrogen-bond acceptors (Lipinski definition) is 5. The minimum absolute atomic E-state index is 0.278. The number of oxime groups is 1. The van der Waals surface area contributed by atoms with E-state index in [0.717, 1.165) is 12.0 Å². The van der Waals surface area contributed by atoms with Crippen LogP contribution in [0.2, 0.25) is 0 Å². The van der Waals surface area contributed by atoms with E-state index in [1.807, 2.05) is 6.07 Å². The Morgan fingerprint density at radius 3 is 2.85 bits per heavy atom. The van der Waals surface area contributed by atoms with Crippen LogP contribution >= 0.6 is 0 Å². The van der Waals surface area contributed by atoms with Gasteiger partial charge in [0.1, 0.15) is 5.71 Å². The van der Waals surface area contributed by atoms with Crippen molar-refractivity contribution in [3.63, 3.8) is 0 Å². The number of alkyl halides is 1. The third-order valence-electron chi connectivity index (χ3n) is 5.63. The second-order valence-electron chi connectivity index (χ2n) is 7.68. The summed E-state index contributed by atoms with van der Waals surface area (Å²) in [5.41, 5.74) is -1.22. The van der Waals surface area contributed by atoms with Crippen molar-refractivity contribution >= 4 is 17.5 Å². The fourth-order valence-electron chi connectivity index (χ4n) is 3.91. The predicted molar refractivity (Wildman–Crippen MR) is 95.5 cm³/mol. The van der Waals surface area contributed by atoms with Crippen LogP contribution in [-0.4, -0.2) is 51.8 Å². The van der Waals surface area contributed by atoms with E-state index in [1.165, 1.54) is 0 Å². The normalized spacial score (nSPS) is 26.1. The lowest BCUT2D eigenvalue weighted by Crippen LogP contribution is -2.57. The molecule has 3 aliphatic rings. The monoisotopic (exact) mass is 374 g/mol. The van der Waals surface area contributed by atoms with Gasteiger partial charge in [0.2, 0.25) is 0 Å². The van der Waals surface area contributed by atoms with Crippen LogP contribution in [0.1, 0.15) is 44.1 Å². The standard InChI is InChI=1S/C19H23FN4O3/c20-19(6-2-7-19)17(26)24-9-3-5-18(13-24)10-15(23-27-18)16(25)22-12-14-4-1-8-21-11-14/h1,4,8,11H,2-3,5-7,9-10,12-13H2,(H,22,25). The number of amides is 2. The van der Waals surface area contributed by atoms with E-state index >= 15 is 0 Å². The Hall–Kier alpha value is -2.51. The molecule has 1 aliphatic carbocycles. The average molecular weight is 374 g/mol. The lowest BCUT2D eigenvalue weighted by Gasteiger charge is -2.43. The summed E-state index contributed by atoms with van der Waals surface area (Å²) in [5.74, 6) is -0.731. The predicted octanol–water partition coefficient (Wildman–Crippen LogP) is 1.73. The molecule has 1 aromatic heterocycles. The van der Waals surface area contributed by atoms with Crippen LogP contribution in [-0.2, 0) is 21.0 Å². The van der Waals surface area contributed by atoms with Crippen molar-refractivity contribution in [1.29, 1.82) is 0 Å². The molecular formula is C19H23FN4O3. The Bertz CT molecular complexity index is 765. The summed E-state index contributed by atoms with van der Waals surface area (Å²) < 4.78 is 14.5. The fraction of sp³-hybridized carbons (Fsp3) is 0.579. The molecule has 3 heterocycles. The van der Waals surface area contributed by atoms with Crippen LogP contribution in [0.25, 0.3) is 0 Å². The van der Waals surface area contributed by atoms with Gasteiger partial charge in [0.25, 0.3) is 11.8 Å². The van der Waals surface area contributed by atoms with Crippen molar-refractivity contribution in [2.75, 3.05) is 13.1 Å². The number of carbonyl (C=O) groups excluding carboxylic acids is 2. The van der Waals surface area contributed by atoms with Crippen LogP contribution in [0.4, 0.5) is 4.39 Å². The van der Waals surface area contributed by atoms with Gasteiger partial charge in [-0.15, -0.1) is 0 Å². The van der Waals surface area contributed by atoms with Crippen molar-refractivity contribution in [2.24, 2.45) is 5.16 Å². The van der Waals surface area contributed by atoms with Crippen molar-refractivity contribution in [1.82, 2.24) is 15.2 Å². The molecule has 1 atom stereocenters. The number of pyridine rings is 1. The Kier molecular flexibility index (Phi) is 4.57. The summed E-state index contributed by atoms with van der Waals surface area (Å²) in [7, 11) is 0. The molecular weight excluding hydrogens is 351 g/mol. The first-order valence-electron chi connectivity index (χ1n) is 9.40. The molecule has 4 rings (SSSR count). The largest absolute Gasteiger partial charge is 0.386 e. The lowest BCUT2D eigenvalue weighted by molar-refractivity contribution is -0.158. The first kappa shape index (κ1) is 17.9. The molecule has 1 unspecified atom stereocenters. The van der Waals surface area contributed by atoms with E-state index in [9.17, 15) is 14.0 Å². The van der Waals surface area contributed by atoms with Crippen molar-refractivity contribution in [3.05, 3.63) is 30.1 Å². The van der Waals surface area contributed by atoms with E-state index < -0.39 is 17.2 Å². The van der Waals surface area contributed by atoms with E-state index in [1.54, 1.807) is 23.4 Å². The number of likely N-dealkylation sites (tertiary alicyclic amines) is 1. The number of aromatic nitrogens is 1. The Morgan fingerprint density at radius 1 is 1.30 bits per heavy atom. The first-order chi connectivity index (χ1) is 13.0. The van der Waals surface area contributed by atoms with Crippen molar-refractivity contribution in [3.8, 4) is 0 Å². The molecule has 0 aromatic carbocycles. The minimum atomic E-state index is -1.71. The summed E-state index contributed by atoms with van der Waals surface area (Å²) in [6, 6.07) is 3.68. The fourth-order valence-corrected chi connectivity index (χ4v) is 3.91. The van der Waals surface area contributed by atoms with Crippen LogP contribution in [0.5, 0.6) is 0 Å². The molecule has 7 nitrogen and oxygen atoms in total. The average Bonchev–Trinajstić information content (AvgIpc) is 3.07. The third kappa shape index (κ3) is 3.52. The van der Waals surface area contributed by atoms with E-state index in [0.29, 0.717) is 50.9 Å². The maximum absolute atomic E-state index is 14.5. The van der Waals surface area contributed by atoms with Gasteiger partial charge in [-0.3, -0.25) is 14.6 Å². The van der Waals surface area contributed by atoms with Crippen molar-refractivity contribution < 1.29 is 18.8 Å². The minimum Gasteiger partial charge on any atom is -0.386 e. The highest BCUT2D eigenvalue weighted by Gasteiger charge is 2.51. The molecule has 2 amide bonds. The zero-order valence-electron chi connectivity index (χ0n) is 15.1. The molecule has 144 valence electrons. The summed E-state index contributed by atoms with van der Waals surface area (Å²) in [5, 5.41) is 6.78. The first-order valence-corrected chi connectivity index (χ1v) is 9.40. The topological polar surface area (TPSA) is 83.9 Å². The number of halogens is 1. The second kappa shape index (κ2) is 6.90. The molecule has 1 saturated carbocycles. The van der Waals surface area contributed by atoms with Gasteiger partial charge in [0, 0.05) is 31.9 Å². The molecule has 0 radical (unpaired) electrons. The quantitative estimate of drug-likeness (QED) is 0.870.